The molecular formula is C42H80N4O8. The zero-order chi connectivity index (χ0) is 39.5. The van der Waals surface area contributed by atoms with Gasteiger partial charge in [0, 0.05) is 51.9 Å². The fourth-order valence-electron chi connectivity index (χ4n) is 7.00. The lowest BCUT2D eigenvalue weighted by atomic mass is 10.1. The fraction of sp³-hybridized carbons (Fsp3) is 0.905. The van der Waals surface area contributed by atoms with E-state index in [9.17, 15) is 19.2 Å². The summed E-state index contributed by atoms with van der Waals surface area (Å²) in [6, 6.07) is 0. The maximum Gasteiger partial charge on any atom is 0.305 e. The van der Waals surface area contributed by atoms with Crippen molar-refractivity contribution in [3.8, 4) is 0 Å². The zero-order valence-electron chi connectivity index (χ0n) is 35.1. The summed E-state index contributed by atoms with van der Waals surface area (Å²) < 4.78 is 20.5. The zero-order valence-corrected chi connectivity index (χ0v) is 35.1. The lowest BCUT2D eigenvalue weighted by molar-refractivity contribution is -0.144. The highest BCUT2D eigenvalue weighted by Gasteiger charge is 2.16. The largest absolute Gasteiger partial charge is 0.466 e. The number of rotatable bonds is 28. The van der Waals surface area contributed by atoms with Crippen LogP contribution in [0.15, 0.2) is 0 Å². The van der Waals surface area contributed by atoms with Crippen molar-refractivity contribution in [3.63, 3.8) is 0 Å². The molecule has 12 nitrogen and oxygen atoms in total. The van der Waals surface area contributed by atoms with Crippen molar-refractivity contribution in [2.75, 3.05) is 105 Å². The Morgan fingerprint density at radius 2 is 0.556 bits per heavy atom. The molecule has 1 fully saturated rings. The highest BCUT2D eigenvalue weighted by molar-refractivity contribution is 5.70. The Hall–Kier alpha value is -2.28. The van der Waals surface area contributed by atoms with Crippen molar-refractivity contribution in [2.24, 2.45) is 0 Å². The molecule has 0 saturated carbocycles. The summed E-state index contributed by atoms with van der Waals surface area (Å²) in [5.74, 6) is -0.381. The molecule has 0 unspecified atom stereocenters. The minimum Gasteiger partial charge on any atom is -0.466 e. The molecule has 0 aromatic rings. The lowest BCUT2D eigenvalue weighted by Crippen LogP contribution is -2.42. The van der Waals surface area contributed by atoms with E-state index in [4.69, 9.17) is 18.9 Å². The lowest BCUT2D eigenvalue weighted by Gasteiger charge is -2.32. The van der Waals surface area contributed by atoms with Gasteiger partial charge in [-0.05, 0) is 144 Å². The van der Waals surface area contributed by atoms with Gasteiger partial charge in [-0.2, -0.15) is 0 Å². The number of carbonyl (C=O) groups is 4. The molecule has 0 N–H and O–H groups in total. The summed E-state index contributed by atoms with van der Waals surface area (Å²) in [6.07, 6.45) is 16.1. The predicted octanol–water partition coefficient (Wildman–Crippen LogP) is 6.48. The van der Waals surface area contributed by atoms with Crippen molar-refractivity contribution in [1.82, 2.24) is 19.6 Å². The van der Waals surface area contributed by atoms with E-state index in [1.165, 1.54) is 0 Å². The van der Waals surface area contributed by atoms with Crippen molar-refractivity contribution in [3.05, 3.63) is 0 Å². The van der Waals surface area contributed by atoms with E-state index < -0.39 is 0 Å². The third-order valence-electron chi connectivity index (χ3n) is 10.0. The molecule has 12 heteroatoms. The van der Waals surface area contributed by atoms with Crippen LogP contribution in [-0.4, -0.2) is 148 Å². The normalized spacial score (nSPS) is 16.1. The monoisotopic (exact) mass is 769 g/mol. The van der Waals surface area contributed by atoms with Crippen molar-refractivity contribution in [1.29, 1.82) is 0 Å². The molecule has 0 spiro atoms. The SMILES string of the molecule is CCOC(=O)CCCCCN1CCCN(CCCCCC(=O)OCC)CCN(CCCCCC(=O)OCC)CCCN(CCCCCC(=O)OCC)CC1. The van der Waals surface area contributed by atoms with Crippen LogP contribution in [0, 0.1) is 0 Å². The van der Waals surface area contributed by atoms with E-state index >= 15 is 0 Å². The fourth-order valence-corrected chi connectivity index (χ4v) is 7.00. The number of nitrogens with zero attached hydrogens (tertiary/aromatic N) is 4. The van der Waals surface area contributed by atoms with Gasteiger partial charge in [-0.25, -0.2) is 0 Å². The first-order valence-corrected chi connectivity index (χ1v) is 21.8. The molecular weight excluding hydrogens is 688 g/mol. The summed E-state index contributed by atoms with van der Waals surface area (Å²) in [4.78, 5) is 57.9. The number of esters is 4. The van der Waals surface area contributed by atoms with Crippen LogP contribution >= 0.6 is 0 Å². The first kappa shape index (κ1) is 49.7. The molecule has 1 heterocycles. The number of hydrogen-bond donors (Lipinski definition) is 0. The summed E-state index contributed by atoms with van der Waals surface area (Å²) >= 11 is 0. The molecule has 0 atom stereocenters. The standard InChI is InChI=1S/C42H80N4O8/c1-5-51-39(47)23-13-9-17-27-43-31-21-32-45(29-19-11-15-25-41(49)53-7-3)37-38-46(30-20-12-16-26-42(50)54-8-4)34-22-33-44(36-35-43)28-18-10-14-24-40(48)52-6-2/h5-38H2,1-4H3. The summed E-state index contributed by atoms with van der Waals surface area (Å²) in [5, 5.41) is 0. The van der Waals surface area contributed by atoms with Gasteiger partial charge < -0.3 is 38.5 Å². The smallest absolute Gasteiger partial charge is 0.305 e. The minimum atomic E-state index is -0.0951. The molecule has 54 heavy (non-hydrogen) atoms. The Kier molecular flexibility index (Phi) is 32.4. The molecule has 0 bridgehead atoms. The quantitative estimate of drug-likeness (QED) is 0.0493. The van der Waals surface area contributed by atoms with Crippen molar-refractivity contribution >= 4 is 23.9 Å². The summed E-state index contributed by atoms with van der Waals surface area (Å²) in [5.41, 5.74) is 0. The van der Waals surface area contributed by atoms with Crippen LogP contribution in [-0.2, 0) is 38.1 Å². The molecule has 0 aromatic carbocycles. The molecule has 1 rings (SSSR count). The molecule has 0 aromatic heterocycles. The Morgan fingerprint density at radius 3 is 0.759 bits per heavy atom. The Morgan fingerprint density at radius 1 is 0.333 bits per heavy atom. The van der Waals surface area contributed by atoms with Crippen LogP contribution in [0.4, 0.5) is 0 Å². The number of unbranched alkanes of at least 4 members (excludes halogenated alkanes) is 8. The Labute approximate surface area is 329 Å². The van der Waals surface area contributed by atoms with Gasteiger partial charge in [0.15, 0.2) is 0 Å². The van der Waals surface area contributed by atoms with Crippen LogP contribution in [0.3, 0.4) is 0 Å². The molecule has 0 radical (unpaired) electrons. The van der Waals surface area contributed by atoms with E-state index in [-0.39, 0.29) is 23.9 Å². The molecule has 0 amide bonds. The number of ether oxygens (including phenoxy) is 4. The van der Waals surface area contributed by atoms with Crippen LogP contribution in [0.25, 0.3) is 0 Å². The van der Waals surface area contributed by atoms with E-state index in [1.807, 2.05) is 27.7 Å². The third-order valence-corrected chi connectivity index (χ3v) is 10.0. The van der Waals surface area contributed by atoms with Crippen LogP contribution in [0.1, 0.15) is 143 Å². The first-order valence-electron chi connectivity index (χ1n) is 21.8. The van der Waals surface area contributed by atoms with Gasteiger partial charge in [0.05, 0.1) is 26.4 Å². The molecule has 1 saturated heterocycles. The second-order valence-corrected chi connectivity index (χ2v) is 14.5. The third kappa shape index (κ3) is 29.1. The maximum atomic E-state index is 11.8. The molecule has 316 valence electrons. The molecule has 1 aliphatic rings. The van der Waals surface area contributed by atoms with Gasteiger partial charge >= 0.3 is 23.9 Å². The minimum absolute atomic E-state index is 0.0951. The van der Waals surface area contributed by atoms with Gasteiger partial charge in [-0.15, -0.1) is 0 Å². The van der Waals surface area contributed by atoms with Crippen LogP contribution < -0.4 is 0 Å². The van der Waals surface area contributed by atoms with E-state index in [2.05, 4.69) is 19.6 Å². The second kappa shape index (κ2) is 35.2. The van der Waals surface area contributed by atoms with E-state index in [1.54, 1.807) is 0 Å². The average molecular weight is 769 g/mol. The van der Waals surface area contributed by atoms with E-state index in [0.29, 0.717) is 52.1 Å². The van der Waals surface area contributed by atoms with E-state index in [0.717, 1.165) is 168 Å². The highest BCUT2D eigenvalue weighted by Crippen LogP contribution is 2.11. The number of hydrogen-bond acceptors (Lipinski definition) is 12. The molecule has 1 aliphatic heterocycles. The summed E-state index contributed by atoms with van der Waals surface area (Å²) in [6.45, 7) is 21.6. The van der Waals surface area contributed by atoms with Crippen LogP contribution in [0.2, 0.25) is 0 Å². The van der Waals surface area contributed by atoms with Gasteiger partial charge in [0.25, 0.3) is 0 Å². The molecule has 0 aliphatic carbocycles. The van der Waals surface area contributed by atoms with Gasteiger partial charge in [-0.3, -0.25) is 19.2 Å². The first-order chi connectivity index (χ1) is 26.3. The van der Waals surface area contributed by atoms with Crippen LogP contribution in [0.5, 0.6) is 0 Å². The van der Waals surface area contributed by atoms with Crippen molar-refractivity contribution in [2.45, 2.75) is 143 Å². The second-order valence-electron chi connectivity index (χ2n) is 14.5. The van der Waals surface area contributed by atoms with Gasteiger partial charge in [-0.1, -0.05) is 25.7 Å². The summed E-state index contributed by atoms with van der Waals surface area (Å²) in [7, 11) is 0. The Bertz CT molecular complexity index is 809. The average Bonchev–Trinajstić information content (AvgIpc) is 3.14. The van der Waals surface area contributed by atoms with Gasteiger partial charge in [0.2, 0.25) is 0 Å². The van der Waals surface area contributed by atoms with Crippen molar-refractivity contribution < 1.29 is 38.1 Å². The number of carbonyl (C=O) groups excluding carboxylic acids is 4. The maximum absolute atomic E-state index is 11.8. The predicted molar refractivity (Wildman–Crippen MR) is 215 cm³/mol. The topological polar surface area (TPSA) is 118 Å². The highest BCUT2D eigenvalue weighted by atomic mass is 16.5. The Balaban J connectivity index is 2.89. The van der Waals surface area contributed by atoms with Gasteiger partial charge in [0.1, 0.15) is 0 Å².